The van der Waals surface area contributed by atoms with Crippen LogP contribution in [-0.4, -0.2) is 83.0 Å². The van der Waals surface area contributed by atoms with E-state index < -0.39 is 0 Å². The second kappa shape index (κ2) is 9.82. The standard InChI is InChI=1S/C25H33N9O2/c1-30-7-9-31(10-8-30)22-4-3-19(15-23(22)35-2)27-25-28-24-18-32(11-12-33(24)29-25)21-16-26-34(17-21)20-5-13-36-14-6-20/h3-4,11-12,15-17,20H,5-10,13-14,18H2,1-2H3,(H,27,29). The zero-order valence-electron chi connectivity index (χ0n) is 20.9. The van der Waals surface area contributed by atoms with Gasteiger partial charge in [0, 0.05) is 69.7 Å². The summed E-state index contributed by atoms with van der Waals surface area (Å²) in [6.45, 7) is 6.30. The van der Waals surface area contributed by atoms with E-state index in [0.29, 0.717) is 18.5 Å². The summed E-state index contributed by atoms with van der Waals surface area (Å²) in [5, 5.41) is 12.6. The van der Waals surface area contributed by atoms with Gasteiger partial charge in [-0.2, -0.15) is 10.1 Å². The molecule has 1 aromatic carbocycles. The molecule has 1 N–H and O–H groups in total. The minimum absolute atomic E-state index is 0.403. The average molecular weight is 492 g/mol. The lowest BCUT2D eigenvalue weighted by Gasteiger charge is -2.34. The van der Waals surface area contributed by atoms with E-state index in [4.69, 9.17) is 14.5 Å². The number of hydrogen-bond acceptors (Lipinski definition) is 9. The SMILES string of the molecule is COc1cc(Nc2nc3n(n2)C=CN(c2cnn(C4CCOCC4)c2)C3)ccc1N1CCN(C)CC1. The van der Waals surface area contributed by atoms with E-state index >= 15 is 0 Å². The fourth-order valence-corrected chi connectivity index (χ4v) is 4.98. The highest BCUT2D eigenvalue weighted by molar-refractivity contribution is 5.67. The van der Waals surface area contributed by atoms with Gasteiger partial charge in [0.25, 0.3) is 0 Å². The number of methoxy groups -OCH3 is 1. The maximum atomic E-state index is 5.72. The smallest absolute Gasteiger partial charge is 0.247 e. The topological polar surface area (TPSA) is 88.7 Å². The second-order valence-corrected chi connectivity index (χ2v) is 9.55. The Labute approximate surface area is 210 Å². The van der Waals surface area contributed by atoms with E-state index in [9.17, 15) is 0 Å². The van der Waals surface area contributed by atoms with E-state index in [-0.39, 0.29) is 0 Å². The van der Waals surface area contributed by atoms with Crippen molar-refractivity contribution < 1.29 is 9.47 Å². The lowest BCUT2D eigenvalue weighted by Crippen LogP contribution is -2.44. The molecule has 3 aromatic rings. The number of ether oxygens (including phenoxy) is 2. The Bertz CT molecular complexity index is 1220. The number of hydrogen-bond donors (Lipinski definition) is 1. The molecule has 0 radical (unpaired) electrons. The van der Waals surface area contributed by atoms with Crippen molar-refractivity contribution in [3.8, 4) is 5.75 Å². The van der Waals surface area contributed by atoms with Crippen LogP contribution in [0.4, 0.5) is 23.0 Å². The van der Waals surface area contributed by atoms with E-state index in [1.807, 2.05) is 29.3 Å². The van der Waals surface area contributed by atoms with Crippen LogP contribution in [0.2, 0.25) is 0 Å². The summed E-state index contributed by atoms with van der Waals surface area (Å²) in [5.41, 5.74) is 3.06. The number of nitrogens with zero attached hydrogens (tertiary/aromatic N) is 8. The van der Waals surface area contributed by atoms with Gasteiger partial charge in [-0.25, -0.2) is 4.68 Å². The van der Waals surface area contributed by atoms with Gasteiger partial charge < -0.3 is 29.5 Å². The fourth-order valence-electron chi connectivity index (χ4n) is 4.98. The minimum atomic E-state index is 0.403. The average Bonchev–Trinajstić information content (AvgIpc) is 3.56. The van der Waals surface area contributed by atoms with Gasteiger partial charge in [-0.3, -0.25) is 4.68 Å². The van der Waals surface area contributed by atoms with Crippen LogP contribution >= 0.6 is 0 Å². The first kappa shape index (κ1) is 22.9. The number of nitrogens with one attached hydrogen (secondary N) is 1. The zero-order chi connectivity index (χ0) is 24.5. The van der Waals surface area contributed by atoms with Gasteiger partial charge >= 0.3 is 0 Å². The summed E-state index contributed by atoms with van der Waals surface area (Å²) in [7, 11) is 3.88. The van der Waals surface area contributed by atoms with Crippen LogP contribution in [-0.2, 0) is 11.3 Å². The Kier molecular flexibility index (Phi) is 6.24. The van der Waals surface area contributed by atoms with Gasteiger partial charge in [-0.15, -0.1) is 5.10 Å². The molecule has 2 saturated heterocycles. The molecular formula is C25H33N9O2. The number of piperazine rings is 1. The zero-order valence-corrected chi connectivity index (χ0v) is 20.9. The number of likely N-dealkylation sites (N-methyl/N-ethyl adjacent to an activating group) is 1. The van der Waals surface area contributed by atoms with E-state index in [1.54, 1.807) is 7.11 Å². The molecule has 190 valence electrons. The van der Waals surface area contributed by atoms with Crippen molar-refractivity contribution in [3.05, 3.63) is 42.6 Å². The number of fused-ring (bicyclic) bond motifs is 1. The lowest BCUT2D eigenvalue weighted by atomic mass is 10.1. The first-order chi connectivity index (χ1) is 17.7. The number of anilines is 4. The molecule has 0 unspecified atom stereocenters. The molecule has 3 aliphatic heterocycles. The summed E-state index contributed by atoms with van der Waals surface area (Å²) in [6, 6.07) is 6.59. The summed E-state index contributed by atoms with van der Waals surface area (Å²) in [5.74, 6) is 2.27. The maximum absolute atomic E-state index is 5.72. The quantitative estimate of drug-likeness (QED) is 0.559. The van der Waals surface area contributed by atoms with E-state index in [1.165, 1.54) is 0 Å². The van der Waals surface area contributed by atoms with Crippen LogP contribution in [0, 0.1) is 0 Å². The van der Waals surface area contributed by atoms with Crippen LogP contribution in [0.1, 0.15) is 24.7 Å². The molecule has 11 heteroatoms. The number of benzene rings is 1. The Morgan fingerprint density at radius 1 is 1.08 bits per heavy atom. The molecule has 0 aliphatic carbocycles. The summed E-state index contributed by atoms with van der Waals surface area (Å²) in [6.07, 6.45) is 9.98. The molecule has 11 nitrogen and oxygen atoms in total. The number of aromatic nitrogens is 5. The van der Waals surface area contributed by atoms with Crippen molar-refractivity contribution in [2.45, 2.75) is 25.4 Å². The Morgan fingerprint density at radius 2 is 1.92 bits per heavy atom. The third kappa shape index (κ3) is 4.63. The van der Waals surface area contributed by atoms with Crippen molar-refractivity contribution in [3.63, 3.8) is 0 Å². The van der Waals surface area contributed by atoms with E-state index in [2.05, 4.69) is 60.3 Å². The fraction of sp³-hybridized carbons (Fsp3) is 0.480. The van der Waals surface area contributed by atoms with E-state index in [0.717, 1.165) is 80.9 Å². The van der Waals surface area contributed by atoms with Crippen molar-refractivity contribution in [2.75, 3.05) is 68.7 Å². The Balaban J connectivity index is 1.13. The van der Waals surface area contributed by atoms with Crippen molar-refractivity contribution in [1.82, 2.24) is 29.4 Å². The van der Waals surface area contributed by atoms with Crippen molar-refractivity contribution >= 4 is 29.2 Å². The molecule has 0 atom stereocenters. The Morgan fingerprint density at radius 3 is 2.72 bits per heavy atom. The molecule has 6 rings (SSSR count). The predicted molar refractivity (Wildman–Crippen MR) is 139 cm³/mol. The Hall–Kier alpha value is -3.57. The predicted octanol–water partition coefficient (Wildman–Crippen LogP) is 2.78. The van der Waals surface area contributed by atoms with Crippen LogP contribution in [0.5, 0.6) is 5.75 Å². The molecular weight excluding hydrogens is 458 g/mol. The third-order valence-electron chi connectivity index (χ3n) is 7.17. The highest BCUT2D eigenvalue weighted by Gasteiger charge is 2.22. The lowest BCUT2D eigenvalue weighted by molar-refractivity contribution is 0.0662. The third-order valence-corrected chi connectivity index (χ3v) is 7.17. The van der Waals surface area contributed by atoms with Crippen LogP contribution in [0.3, 0.4) is 0 Å². The maximum Gasteiger partial charge on any atom is 0.247 e. The van der Waals surface area contributed by atoms with Gasteiger partial charge in [0.1, 0.15) is 5.75 Å². The van der Waals surface area contributed by atoms with Crippen LogP contribution < -0.4 is 19.9 Å². The van der Waals surface area contributed by atoms with Gasteiger partial charge in [0.15, 0.2) is 5.82 Å². The molecule has 2 fully saturated rings. The molecule has 36 heavy (non-hydrogen) atoms. The first-order valence-corrected chi connectivity index (χ1v) is 12.6. The van der Waals surface area contributed by atoms with Crippen molar-refractivity contribution in [2.24, 2.45) is 0 Å². The molecule has 3 aliphatic rings. The first-order valence-electron chi connectivity index (χ1n) is 12.6. The van der Waals surface area contributed by atoms with Crippen LogP contribution in [0.15, 0.2) is 36.8 Å². The molecule has 0 spiro atoms. The number of rotatable bonds is 6. The molecule has 0 bridgehead atoms. The summed E-state index contributed by atoms with van der Waals surface area (Å²) < 4.78 is 15.1. The molecule has 0 saturated carbocycles. The second-order valence-electron chi connectivity index (χ2n) is 9.55. The largest absolute Gasteiger partial charge is 0.495 e. The van der Waals surface area contributed by atoms with Crippen molar-refractivity contribution in [1.29, 1.82) is 0 Å². The monoisotopic (exact) mass is 491 g/mol. The molecule has 5 heterocycles. The minimum Gasteiger partial charge on any atom is -0.495 e. The normalized spacial score (nSPS) is 18.9. The molecule has 2 aromatic heterocycles. The summed E-state index contributed by atoms with van der Waals surface area (Å²) >= 11 is 0. The van der Waals surface area contributed by atoms with Gasteiger partial charge in [0.05, 0.1) is 37.3 Å². The molecule has 0 amide bonds. The highest BCUT2D eigenvalue weighted by Crippen LogP contribution is 2.33. The van der Waals surface area contributed by atoms with Gasteiger partial charge in [-0.1, -0.05) is 0 Å². The van der Waals surface area contributed by atoms with Crippen LogP contribution in [0.25, 0.3) is 6.20 Å². The van der Waals surface area contributed by atoms with Gasteiger partial charge in [-0.05, 0) is 32.0 Å². The summed E-state index contributed by atoms with van der Waals surface area (Å²) in [4.78, 5) is 11.6. The van der Waals surface area contributed by atoms with Gasteiger partial charge in [0.2, 0.25) is 5.95 Å². The highest BCUT2D eigenvalue weighted by atomic mass is 16.5.